The molecule has 0 aromatic rings. The predicted octanol–water partition coefficient (Wildman–Crippen LogP) is 5.93. The number of carbonyl (C=O) groups is 4. The Balaban J connectivity index is 1.48. The Bertz CT molecular complexity index is 1030. The molecular formula is C33H50O8. The van der Waals surface area contributed by atoms with Gasteiger partial charge in [-0.1, -0.05) is 19.3 Å². The summed E-state index contributed by atoms with van der Waals surface area (Å²) in [5, 5.41) is 0. The van der Waals surface area contributed by atoms with Crippen molar-refractivity contribution in [2.45, 2.75) is 143 Å². The van der Waals surface area contributed by atoms with Gasteiger partial charge in [0.1, 0.15) is 11.2 Å². The second-order valence-corrected chi connectivity index (χ2v) is 15.7. The zero-order valence-electron chi connectivity index (χ0n) is 26.1. The Morgan fingerprint density at radius 2 is 1.37 bits per heavy atom. The molecule has 6 fully saturated rings. The van der Waals surface area contributed by atoms with Crippen molar-refractivity contribution >= 4 is 23.9 Å². The highest BCUT2D eigenvalue weighted by molar-refractivity contribution is 6.02. The van der Waals surface area contributed by atoms with E-state index in [1.165, 1.54) is 19.3 Å². The molecule has 4 unspecified atom stereocenters. The van der Waals surface area contributed by atoms with E-state index in [2.05, 4.69) is 0 Å². The van der Waals surface area contributed by atoms with Crippen molar-refractivity contribution in [2.24, 2.45) is 40.4 Å². The monoisotopic (exact) mass is 574 g/mol. The van der Waals surface area contributed by atoms with Crippen LogP contribution in [0.5, 0.6) is 0 Å². The van der Waals surface area contributed by atoms with Gasteiger partial charge in [0.15, 0.2) is 0 Å². The summed E-state index contributed by atoms with van der Waals surface area (Å²) >= 11 is 0. The number of carbonyl (C=O) groups excluding carboxylic acids is 4. The first-order valence-corrected chi connectivity index (χ1v) is 15.9. The van der Waals surface area contributed by atoms with E-state index in [0.717, 1.165) is 51.4 Å². The molecule has 4 bridgehead atoms. The number of ether oxygens (including phenoxy) is 4. The maximum absolute atomic E-state index is 14.3. The lowest BCUT2D eigenvalue weighted by atomic mass is 9.54. The van der Waals surface area contributed by atoms with Gasteiger partial charge in [-0.25, -0.2) is 0 Å². The summed E-state index contributed by atoms with van der Waals surface area (Å²) in [4.78, 5) is 55.3. The summed E-state index contributed by atoms with van der Waals surface area (Å²) in [5.74, 6) is -3.39. The van der Waals surface area contributed by atoms with Crippen LogP contribution in [0.4, 0.5) is 0 Å². The minimum absolute atomic E-state index is 0.0234. The van der Waals surface area contributed by atoms with Gasteiger partial charge in [0.25, 0.3) is 0 Å². The topological polar surface area (TPSA) is 105 Å². The molecule has 6 aliphatic rings. The van der Waals surface area contributed by atoms with Crippen molar-refractivity contribution in [2.75, 3.05) is 0 Å². The molecule has 6 rings (SSSR count). The van der Waals surface area contributed by atoms with Crippen molar-refractivity contribution in [3.05, 3.63) is 0 Å². The molecule has 5 saturated carbocycles. The fourth-order valence-electron chi connectivity index (χ4n) is 9.01. The van der Waals surface area contributed by atoms with Gasteiger partial charge in [0, 0.05) is 0 Å². The fourth-order valence-corrected chi connectivity index (χ4v) is 9.01. The third-order valence-corrected chi connectivity index (χ3v) is 11.1. The van der Waals surface area contributed by atoms with Gasteiger partial charge < -0.3 is 18.9 Å². The molecule has 0 radical (unpaired) electrons. The Morgan fingerprint density at radius 3 is 1.88 bits per heavy atom. The summed E-state index contributed by atoms with van der Waals surface area (Å²) in [5.41, 5.74) is -4.67. The molecule has 4 atom stereocenters. The first-order valence-electron chi connectivity index (χ1n) is 15.9. The molecule has 0 spiro atoms. The molecule has 0 aromatic carbocycles. The third kappa shape index (κ3) is 5.59. The zero-order valence-corrected chi connectivity index (χ0v) is 26.1. The molecular weight excluding hydrogens is 524 g/mol. The lowest BCUT2D eigenvalue weighted by Gasteiger charge is -2.56. The Labute approximate surface area is 244 Å². The van der Waals surface area contributed by atoms with Gasteiger partial charge in [-0.2, -0.15) is 0 Å². The first kappa shape index (κ1) is 30.5. The largest absolute Gasteiger partial charge is 0.460 e. The lowest BCUT2D eigenvalue weighted by Crippen LogP contribution is -2.60. The van der Waals surface area contributed by atoms with Crippen LogP contribution in [-0.4, -0.2) is 47.3 Å². The summed E-state index contributed by atoms with van der Waals surface area (Å²) in [7, 11) is 0. The Kier molecular flexibility index (Phi) is 7.91. The van der Waals surface area contributed by atoms with Crippen LogP contribution < -0.4 is 0 Å². The first-order chi connectivity index (χ1) is 19.0. The predicted molar refractivity (Wildman–Crippen MR) is 150 cm³/mol. The quantitative estimate of drug-likeness (QED) is 0.200. The number of cyclic esters (lactones) is 2. The number of hydrogen-bond acceptors (Lipinski definition) is 8. The van der Waals surface area contributed by atoms with Crippen molar-refractivity contribution < 1.29 is 38.1 Å². The third-order valence-electron chi connectivity index (χ3n) is 11.1. The molecule has 1 heterocycles. The van der Waals surface area contributed by atoms with Gasteiger partial charge >= 0.3 is 23.9 Å². The van der Waals surface area contributed by atoms with Crippen LogP contribution in [0.25, 0.3) is 0 Å². The molecule has 1 aliphatic heterocycles. The van der Waals surface area contributed by atoms with Crippen LogP contribution in [-0.2, 0) is 38.1 Å². The molecule has 41 heavy (non-hydrogen) atoms. The molecule has 5 aliphatic carbocycles. The summed E-state index contributed by atoms with van der Waals surface area (Å²) in [6.07, 6.45) is 10.5. The van der Waals surface area contributed by atoms with Crippen molar-refractivity contribution in [1.29, 1.82) is 0 Å². The van der Waals surface area contributed by atoms with E-state index in [1.807, 2.05) is 0 Å². The lowest BCUT2D eigenvalue weighted by molar-refractivity contribution is -0.213. The van der Waals surface area contributed by atoms with E-state index < -0.39 is 63.8 Å². The second-order valence-electron chi connectivity index (χ2n) is 15.7. The van der Waals surface area contributed by atoms with Crippen LogP contribution in [0.15, 0.2) is 0 Å². The fraction of sp³-hybridized carbons (Fsp3) is 0.879. The Hall–Kier alpha value is -1.96. The normalized spacial score (nSPS) is 36.0. The second kappa shape index (κ2) is 10.6. The molecule has 1 saturated heterocycles. The van der Waals surface area contributed by atoms with Crippen LogP contribution in [0, 0.1) is 40.4 Å². The van der Waals surface area contributed by atoms with Gasteiger partial charge in [-0.15, -0.1) is 0 Å². The molecule has 0 aromatic heterocycles. The van der Waals surface area contributed by atoms with Gasteiger partial charge in [0.2, 0.25) is 0 Å². The SMILES string of the molecule is CC(OC1CCCCC1)C1C(=O)OC(=O)C1C(C)(C(=O)OC(C)(C)C)C(C)(C)C(=O)OC12CC3CC(CC(C3)C1)C2. The van der Waals surface area contributed by atoms with Crippen molar-refractivity contribution in [3.63, 3.8) is 0 Å². The van der Waals surface area contributed by atoms with Crippen LogP contribution >= 0.6 is 0 Å². The molecule has 0 N–H and O–H groups in total. The Morgan fingerprint density at radius 1 is 0.829 bits per heavy atom. The van der Waals surface area contributed by atoms with E-state index in [9.17, 15) is 19.2 Å². The van der Waals surface area contributed by atoms with E-state index in [-0.39, 0.29) is 6.10 Å². The van der Waals surface area contributed by atoms with Gasteiger partial charge in [0.05, 0.1) is 34.9 Å². The maximum Gasteiger partial charge on any atom is 0.320 e. The molecule has 0 amide bonds. The van der Waals surface area contributed by atoms with Crippen molar-refractivity contribution in [1.82, 2.24) is 0 Å². The highest BCUT2D eigenvalue weighted by Gasteiger charge is 2.68. The van der Waals surface area contributed by atoms with Crippen LogP contribution in [0.2, 0.25) is 0 Å². The number of esters is 4. The van der Waals surface area contributed by atoms with Crippen LogP contribution in [0.3, 0.4) is 0 Å². The highest BCUT2D eigenvalue weighted by atomic mass is 16.6. The summed E-state index contributed by atoms with van der Waals surface area (Å²) in [6, 6.07) is 0. The smallest absolute Gasteiger partial charge is 0.320 e. The summed E-state index contributed by atoms with van der Waals surface area (Å²) < 4.78 is 23.9. The zero-order chi connectivity index (χ0) is 30.0. The van der Waals surface area contributed by atoms with Crippen LogP contribution in [0.1, 0.15) is 119 Å². The number of rotatable bonds is 8. The van der Waals surface area contributed by atoms with E-state index in [4.69, 9.17) is 18.9 Å². The van der Waals surface area contributed by atoms with E-state index in [0.29, 0.717) is 17.8 Å². The number of hydrogen-bond donors (Lipinski definition) is 0. The summed E-state index contributed by atoms with van der Waals surface area (Å²) in [6.45, 7) is 11.9. The van der Waals surface area contributed by atoms with E-state index in [1.54, 1.807) is 48.5 Å². The minimum atomic E-state index is -1.75. The average molecular weight is 575 g/mol. The molecule has 230 valence electrons. The van der Waals surface area contributed by atoms with Gasteiger partial charge in [-0.05, 0) is 118 Å². The maximum atomic E-state index is 14.3. The standard InChI is InChI=1S/C33H50O8/c1-19(38-23-11-9-8-10-12-23)24-25(27(35)39-26(24)34)32(7,29(37)40-30(2,3)4)31(5,6)28(36)41-33-16-20-13-21(17-33)15-22(14-20)18-33/h19-25H,8-18H2,1-7H3. The molecule has 8 heteroatoms. The van der Waals surface area contributed by atoms with Crippen molar-refractivity contribution in [3.8, 4) is 0 Å². The minimum Gasteiger partial charge on any atom is -0.460 e. The van der Waals surface area contributed by atoms with Gasteiger partial charge in [-0.3, -0.25) is 19.2 Å². The highest BCUT2D eigenvalue weighted by Crippen LogP contribution is 2.59. The average Bonchev–Trinajstić information content (AvgIpc) is 3.15. The molecule has 8 nitrogen and oxygen atoms in total. The van der Waals surface area contributed by atoms with E-state index >= 15 is 0 Å².